The van der Waals surface area contributed by atoms with Crippen molar-refractivity contribution in [2.24, 2.45) is 11.8 Å². The minimum atomic E-state index is -0.779. The second-order valence-corrected chi connectivity index (χ2v) is 5.14. The molecule has 1 heterocycles. The summed E-state index contributed by atoms with van der Waals surface area (Å²) in [7, 11) is 0. The van der Waals surface area contributed by atoms with Gasteiger partial charge in [0.15, 0.2) is 0 Å². The molecule has 6 nitrogen and oxygen atoms in total. The monoisotopic (exact) mass is 242 g/mol. The van der Waals surface area contributed by atoms with Crippen molar-refractivity contribution in [3.05, 3.63) is 0 Å². The summed E-state index contributed by atoms with van der Waals surface area (Å²) in [6, 6.07) is 0. The third kappa shape index (κ3) is 2.58. The Bertz CT molecular complexity index is 323. The molecule has 6 heteroatoms. The summed E-state index contributed by atoms with van der Waals surface area (Å²) in [5, 5.41) is 18.0. The first-order valence-electron chi connectivity index (χ1n) is 5.98. The molecule has 1 aliphatic carbocycles. The molecule has 2 rings (SSSR count). The average Bonchev–Trinajstić information content (AvgIpc) is 2.29. The number of hydrazine groups is 1. The number of carbonyl (C=O) groups is 2. The van der Waals surface area contributed by atoms with Crippen molar-refractivity contribution in [3.63, 3.8) is 0 Å². The molecule has 0 aromatic rings. The standard InChI is InChI=1S/C11H18N2O4/c14-9(15)7-1-3-11(4-2-7)5-8(10(16)17)6-12-13-11/h7-8,12-13H,1-6H2,(H,14,15)(H,16,17). The summed E-state index contributed by atoms with van der Waals surface area (Å²) in [6.45, 7) is 0.430. The normalized spacial score (nSPS) is 37.9. The third-order valence-corrected chi connectivity index (χ3v) is 3.98. The van der Waals surface area contributed by atoms with Crippen LogP contribution >= 0.6 is 0 Å². The van der Waals surface area contributed by atoms with E-state index in [2.05, 4.69) is 10.9 Å². The molecular formula is C11H18N2O4. The lowest BCUT2D eigenvalue weighted by molar-refractivity contribution is -0.146. The van der Waals surface area contributed by atoms with Crippen LogP contribution in [0.1, 0.15) is 32.1 Å². The van der Waals surface area contributed by atoms with E-state index < -0.39 is 11.9 Å². The highest BCUT2D eigenvalue weighted by Crippen LogP contribution is 2.37. The van der Waals surface area contributed by atoms with E-state index in [-0.39, 0.29) is 17.4 Å². The molecule has 1 saturated carbocycles. The molecule has 2 fully saturated rings. The Kier molecular flexibility index (Phi) is 3.35. The first kappa shape index (κ1) is 12.3. The smallest absolute Gasteiger partial charge is 0.307 e. The number of carboxylic acids is 2. The molecule has 2 aliphatic rings. The molecule has 17 heavy (non-hydrogen) atoms. The van der Waals surface area contributed by atoms with E-state index in [0.29, 0.717) is 25.8 Å². The van der Waals surface area contributed by atoms with Crippen molar-refractivity contribution >= 4 is 11.9 Å². The van der Waals surface area contributed by atoms with Gasteiger partial charge in [0, 0.05) is 12.1 Å². The highest BCUT2D eigenvalue weighted by Gasteiger charge is 2.42. The van der Waals surface area contributed by atoms with Gasteiger partial charge in [0.25, 0.3) is 0 Å². The van der Waals surface area contributed by atoms with Crippen LogP contribution in [-0.2, 0) is 9.59 Å². The van der Waals surface area contributed by atoms with E-state index in [1.165, 1.54) is 0 Å². The molecular weight excluding hydrogens is 224 g/mol. The van der Waals surface area contributed by atoms with Gasteiger partial charge in [-0.2, -0.15) is 0 Å². The topological polar surface area (TPSA) is 98.7 Å². The summed E-state index contributed by atoms with van der Waals surface area (Å²) >= 11 is 0. The van der Waals surface area contributed by atoms with E-state index in [0.717, 1.165) is 12.8 Å². The minimum absolute atomic E-state index is 0.229. The first-order valence-corrected chi connectivity index (χ1v) is 5.98. The van der Waals surface area contributed by atoms with Crippen LogP contribution in [0, 0.1) is 11.8 Å². The van der Waals surface area contributed by atoms with Gasteiger partial charge < -0.3 is 10.2 Å². The van der Waals surface area contributed by atoms with Crippen LogP contribution in [0.4, 0.5) is 0 Å². The summed E-state index contributed by atoms with van der Waals surface area (Å²) in [5.74, 6) is -2.16. The van der Waals surface area contributed by atoms with E-state index >= 15 is 0 Å². The second-order valence-electron chi connectivity index (χ2n) is 5.14. The average molecular weight is 242 g/mol. The number of nitrogens with one attached hydrogen (secondary N) is 2. The minimum Gasteiger partial charge on any atom is -0.481 e. The summed E-state index contributed by atoms with van der Waals surface area (Å²) < 4.78 is 0. The molecule has 4 N–H and O–H groups in total. The van der Waals surface area contributed by atoms with Crippen LogP contribution in [0.5, 0.6) is 0 Å². The second kappa shape index (κ2) is 4.62. The quantitative estimate of drug-likeness (QED) is 0.552. The molecule has 0 aromatic heterocycles. The molecule has 1 saturated heterocycles. The van der Waals surface area contributed by atoms with Crippen LogP contribution in [0.3, 0.4) is 0 Å². The van der Waals surface area contributed by atoms with Crippen molar-refractivity contribution in [2.75, 3.05) is 6.54 Å². The Hall–Kier alpha value is -1.14. The van der Waals surface area contributed by atoms with Gasteiger partial charge in [-0.25, -0.2) is 0 Å². The van der Waals surface area contributed by atoms with E-state index in [1.807, 2.05) is 0 Å². The number of hydrogen-bond acceptors (Lipinski definition) is 4. The Labute approximate surface area is 99.4 Å². The predicted octanol–water partition coefficient (Wildman–Crippen LogP) is 0.199. The van der Waals surface area contributed by atoms with Crippen molar-refractivity contribution in [2.45, 2.75) is 37.6 Å². The molecule has 0 amide bonds. The van der Waals surface area contributed by atoms with Gasteiger partial charge in [-0.1, -0.05) is 0 Å². The van der Waals surface area contributed by atoms with Crippen molar-refractivity contribution < 1.29 is 19.8 Å². The molecule has 0 aromatic carbocycles. The number of carboxylic acid groups (broad SMARTS) is 2. The summed E-state index contributed by atoms with van der Waals surface area (Å²) in [4.78, 5) is 21.9. The molecule has 1 unspecified atom stereocenters. The Morgan fingerprint density at radius 1 is 1.06 bits per heavy atom. The zero-order valence-electron chi connectivity index (χ0n) is 9.61. The van der Waals surface area contributed by atoms with Crippen LogP contribution in [-0.4, -0.2) is 34.2 Å². The van der Waals surface area contributed by atoms with Crippen LogP contribution < -0.4 is 10.9 Å². The fraction of sp³-hybridized carbons (Fsp3) is 0.818. The highest BCUT2D eigenvalue weighted by atomic mass is 16.4. The van der Waals surface area contributed by atoms with Gasteiger partial charge in [-0.15, -0.1) is 0 Å². The van der Waals surface area contributed by atoms with Gasteiger partial charge in [0.2, 0.25) is 0 Å². The van der Waals surface area contributed by atoms with E-state index in [1.54, 1.807) is 0 Å². The zero-order valence-corrected chi connectivity index (χ0v) is 9.61. The lowest BCUT2D eigenvalue weighted by Crippen LogP contribution is -2.61. The zero-order chi connectivity index (χ0) is 12.5. The number of aliphatic carboxylic acids is 2. The van der Waals surface area contributed by atoms with Gasteiger partial charge in [-0.3, -0.25) is 20.4 Å². The maximum absolute atomic E-state index is 11.0. The molecule has 1 aliphatic heterocycles. The molecule has 0 radical (unpaired) electrons. The predicted molar refractivity (Wildman–Crippen MR) is 59.2 cm³/mol. The number of hydrogen-bond donors (Lipinski definition) is 4. The lowest BCUT2D eigenvalue weighted by atomic mass is 9.72. The van der Waals surface area contributed by atoms with Gasteiger partial charge in [0.05, 0.1) is 11.8 Å². The molecule has 96 valence electrons. The molecule has 0 bridgehead atoms. The number of rotatable bonds is 2. The van der Waals surface area contributed by atoms with Gasteiger partial charge in [0.1, 0.15) is 0 Å². The van der Waals surface area contributed by atoms with Crippen molar-refractivity contribution in [3.8, 4) is 0 Å². The fourth-order valence-corrected chi connectivity index (χ4v) is 2.88. The SMILES string of the molecule is O=C(O)C1CCC2(CC1)CC(C(=O)O)CNN2. The first-order chi connectivity index (χ1) is 8.02. The van der Waals surface area contributed by atoms with Crippen LogP contribution in [0.2, 0.25) is 0 Å². The van der Waals surface area contributed by atoms with E-state index in [9.17, 15) is 9.59 Å². The lowest BCUT2D eigenvalue weighted by Gasteiger charge is -2.44. The Morgan fingerprint density at radius 2 is 1.65 bits per heavy atom. The van der Waals surface area contributed by atoms with E-state index in [4.69, 9.17) is 10.2 Å². The van der Waals surface area contributed by atoms with Gasteiger partial charge in [-0.05, 0) is 32.1 Å². The Balaban J connectivity index is 1.97. The maximum atomic E-state index is 11.0. The Morgan fingerprint density at radius 3 is 2.18 bits per heavy atom. The fourth-order valence-electron chi connectivity index (χ4n) is 2.88. The van der Waals surface area contributed by atoms with Crippen LogP contribution in [0.25, 0.3) is 0 Å². The third-order valence-electron chi connectivity index (χ3n) is 3.98. The summed E-state index contributed by atoms with van der Waals surface area (Å²) in [5.41, 5.74) is 5.89. The largest absolute Gasteiger partial charge is 0.481 e. The molecule has 1 spiro atoms. The van der Waals surface area contributed by atoms with Crippen molar-refractivity contribution in [1.82, 2.24) is 10.9 Å². The van der Waals surface area contributed by atoms with Crippen LogP contribution in [0.15, 0.2) is 0 Å². The van der Waals surface area contributed by atoms with Gasteiger partial charge >= 0.3 is 11.9 Å². The summed E-state index contributed by atoms with van der Waals surface area (Å²) in [6.07, 6.45) is 3.27. The maximum Gasteiger partial charge on any atom is 0.307 e. The highest BCUT2D eigenvalue weighted by molar-refractivity contribution is 5.71. The van der Waals surface area contributed by atoms with Crippen molar-refractivity contribution in [1.29, 1.82) is 0 Å². The molecule has 1 atom stereocenters.